The van der Waals surface area contributed by atoms with Crippen molar-refractivity contribution in [3.8, 4) is 0 Å². The number of rotatable bonds is 5. The van der Waals surface area contributed by atoms with Gasteiger partial charge in [0.15, 0.2) is 6.10 Å². The van der Waals surface area contributed by atoms with E-state index in [1.165, 1.54) is 0 Å². The van der Waals surface area contributed by atoms with Crippen LogP contribution in [-0.4, -0.2) is 32.7 Å². The maximum absolute atomic E-state index is 11.5. The van der Waals surface area contributed by atoms with Crippen LogP contribution in [0.3, 0.4) is 0 Å². The van der Waals surface area contributed by atoms with Crippen LogP contribution in [0.15, 0.2) is 36.7 Å². The molecule has 100 valence electrons. The summed E-state index contributed by atoms with van der Waals surface area (Å²) in [7, 11) is 0. The van der Waals surface area contributed by atoms with Gasteiger partial charge < -0.3 is 9.84 Å². The molecule has 0 saturated heterocycles. The number of hydrogen-bond donors (Lipinski definition) is 1. The molecular weight excluding hydrogens is 246 g/mol. The van der Waals surface area contributed by atoms with Gasteiger partial charge in [0.1, 0.15) is 0 Å². The molecule has 19 heavy (non-hydrogen) atoms. The number of nitrogens with zero attached hydrogens (tertiary/aromatic N) is 3. The molecule has 0 bridgehead atoms. The fourth-order valence-electron chi connectivity index (χ4n) is 1.72. The number of aromatic nitrogens is 3. The highest BCUT2D eigenvalue weighted by Gasteiger charge is 2.18. The molecule has 6 heteroatoms. The van der Waals surface area contributed by atoms with Gasteiger partial charge in [-0.2, -0.15) is 0 Å². The summed E-state index contributed by atoms with van der Waals surface area (Å²) in [6, 6.07) is 7.11. The Labute approximate surface area is 110 Å². The van der Waals surface area contributed by atoms with Gasteiger partial charge in [-0.05, 0) is 18.1 Å². The van der Waals surface area contributed by atoms with E-state index in [0.29, 0.717) is 12.1 Å². The van der Waals surface area contributed by atoms with Crippen LogP contribution in [0, 0.1) is 0 Å². The number of aliphatic hydroxyl groups excluding tert-OH is 1. The van der Waals surface area contributed by atoms with E-state index in [1.54, 1.807) is 42.2 Å². The second-order valence-electron chi connectivity index (χ2n) is 4.00. The van der Waals surface area contributed by atoms with E-state index >= 15 is 0 Å². The minimum Gasteiger partial charge on any atom is -0.464 e. The number of carbonyl (C=O) groups is 1. The molecule has 1 aromatic carbocycles. The van der Waals surface area contributed by atoms with Gasteiger partial charge in [-0.1, -0.05) is 29.5 Å². The van der Waals surface area contributed by atoms with Crippen LogP contribution in [0.5, 0.6) is 0 Å². The number of hydrogen-bond acceptors (Lipinski definition) is 5. The first-order chi connectivity index (χ1) is 9.20. The smallest absolute Gasteiger partial charge is 0.339 e. The van der Waals surface area contributed by atoms with Gasteiger partial charge in [0.05, 0.1) is 19.3 Å². The van der Waals surface area contributed by atoms with Crippen molar-refractivity contribution in [2.75, 3.05) is 6.61 Å². The predicted octanol–water partition coefficient (Wildman–Crippen LogP) is 0.923. The summed E-state index contributed by atoms with van der Waals surface area (Å²) >= 11 is 0. The third-order valence-electron chi connectivity index (χ3n) is 2.59. The van der Waals surface area contributed by atoms with Crippen molar-refractivity contribution in [3.05, 3.63) is 47.8 Å². The third-order valence-corrected chi connectivity index (χ3v) is 2.59. The molecule has 6 nitrogen and oxygen atoms in total. The van der Waals surface area contributed by atoms with Gasteiger partial charge in [-0.25, -0.2) is 9.48 Å². The molecule has 0 saturated carbocycles. The normalized spacial score (nSPS) is 12.1. The number of aliphatic hydroxyl groups is 1. The lowest BCUT2D eigenvalue weighted by Crippen LogP contribution is -2.15. The summed E-state index contributed by atoms with van der Waals surface area (Å²) < 4.78 is 6.45. The van der Waals surface area contributed by atoms with Gasteiger partial charge in [-0.15, -0.1) is 5.10 Å². The van der Waals surface area contributed by atoms with E-state index in [-0.39, 0.29) is 6.61 Å². The van der Waals surface area contributed by atoms with Gasteiger partial charge in [-0.3, -0.25) is 0 Å². The third kappa shape index (κ3) is 3.38. The number of benzene rings is 1. The van der Waals surface area contributed by atoms with Crippen LogP contribution >= 0.6 is 0 Å². The lowest BCUT2D eigenvalue weighted by molar-refractivity contribution is -0.153. The second kappa shape index (κ2) is 6.10. The Kier molecular flexibility index (Phi) is 4.25. The highest BCUT2D eigenvalue weighted by molar-refractivity contribution is 5.76. The molecule has 1 aromatic heterocycles. The van der Waals surface area contributed by atoms with Crippen LogP contribution in [-0.2, 0) is 16.1 Å². The first-order valence-electron chi connectivity index (χ1n) is 5.98. The Morgan fingerprint density at radius 2 is 2.37 bits per heavy atom. The van der Waals surface area contributed by atoms with E-state index < -0.39 is 12.1 Å². The summed E-state index contributed by atoms with van der Waals surface area (Å²) in [5, 5.41) is 17.4. The number of carbonyl (C=O) groups excluding carboxylic acids is 1. The van der Waals surface area contributed by atoms with E-state index in [0.717, 1.165) is 5.56 Å². The zero-order valence-electron chi connectivity index (χ0n) is 10.6. The minimum absolute atomic E-state index is 0.245. The molecule has 0 aliphatic carbocycles. The zero-order chi connectivity index (χ0) is 13.7. The van der Waals surface area contributed by atoms with Crippen LogP contribution < -0.4 is 0 Å². The van der Waals surface area contributed by atoms with Gasteiger partial charge in [0, 0.05) is 6.20 Å². The molecule has 0 spiro atoms. The highest BCUT2D eigenvalue weighted by Crippen LogP contribution is 2.16. The highest BCUT2D eigenvalue weighted by atomic mass is 16.5. The van der Waals surface area contributed by atoms with E-state index in [2.05, 4.69) is 10.3 Å². The monoisotopic (exact) mass is 261 g/mol. The summed E-state index contributed by atoms with van der Waals surface area (Å²) in [5.41, 5.74) is 1.43. The maximum Gasteiger partial charge on any atom is 0.339 e. The molecule has 1 heterocycles. The Bertz CT molecular complexity index is 540. The average molecular weight is 261 g/mol. The van der Waals surface area contributed by atoms with E-state index in [9.17, 15) is 9.90 Å². The Morgan fingerprint density at radius 3 is 3.05 bits per heavy atom. The first-order valence-corrected chi connectivity index (χ1v) is 5.98. The molecule has 0 fully saturated rings. The topological polar surface area (TPSA) is 77.2 Å². The molecular formula is C13H15N3O3. The van der Waals surface area contributed by atoms with Crippen LogP contribution in [0.1, 0.15) is 24.2 Å². The minimum atomic E-state index is -1.25. The van der Waals surface area contributed by atoms with Crippen molar-refractivity contribution >= 4 is 5.97 Å². The maximum atomic E-state index is 11.5. The molecule has 1 unspecified atom stereocenters. The van der Waals surface area contributed by atoms with Crippen molar-refractivity contribution in [2.24, 2.45) is 0 Å². The van der Waals surface area contributed by atoms with E-state index in [4.69, 9.17) is 4.74 Å². The predicted molar refractivity (Wildman–Crippen MR) is 67.2 cm³/mol. The first kappa shape index (κ1) is 13.2. The molecule has 2 aromatic rings. The Balaban J connectivity index is 2.12. The molecule has 1 N–H and O–H groups in total. The van der Waals surface area contributed by atoms with Crippen LogP contribution in [0.2, 0.25) is 0 Å². The summed E-state index contributed by atoms with van der Waals surface area (Å²) in [5.74, 6) is -0.639. The average Bonchev–Trinajstić information content (AvgIpc) is 2.91. The largest absolute Gasteiger partial charge is 0.464 e. The molecule has 0 radical (unpaired) electrons. The molecule has 1 atom stereocenters. The summed E-state index contributed by atoms with van der Waals surface area (Å²) in [6.45, 7) is 2.48. The number of ether oxygens (including phenoxy) is 1. The summed E-state index contributed by atoms with van der Waals surface area (Å²) in [6.07, 6.45) is 2.09. The van der Waals surface area contributed by atoms with Crippen molar-refractivity contribution in [1.29, 1.82) is 0 Å². The SMILES string of the molecule is CCOC(=O)C(O)c1cccc(Cn2ccnn2)c1. The standard InChI is InChI=1S/C13H15N3O3/c1-2-19-13(18)12(17)11-5-3-4-10(8-11)9-16-7-6-14-15-16/h3-8,12,17H,2,9H2,1H3. The van der Waals surface area contributed by atoms with Crippen molar-refractivity contribution < 1.29 is 14.6 Å². The van der Waals surface area contributed by atoms with Gasteiger partial charge in [0.2, 0.25) is 0 Å². The molecule has 2 rings (SSSR count). The second-order valence-corrected chi connectivity index (χ2v) is 4.00. The lowest BCUT2D eigenvalue weighted by atomic mass is 10.1. The summed E-state index contributed by atoms with van der Waals surface area (Å²) in [4.78, 5) is 11.5. The lowest BCUT2D eigenvalue weighted by Gasteiger charge is -2.11. The van der Waals surface area contributed by atoms with Gasteiger partial charge in [0.25, 0.3) is 0 Å². The quantitative estimate of drug-likeness (QED) is 0.810. The van der Waals surface area contributed by atoms with Gasteiger partial charge >= 0.3 is 5.97 Å². The van der Waals surface area contributed by atoms with Crippen molar-refractivity contribution in [2.45, 2.75) is 19.6 Å². The van der Waals surface area contributed by atoms with Crippen molar-refractivity contribution in [3.63, 3.8) is 0 Å². The fourth-order valence-corrected chi connectivity index (χ4v) is 1.72. The number of esters is 1. The molecule has 0 aliphatic heterocycles. The fraction of sp³-hybridized carbons (Fsp3) is 0.308. The zero-order valence-corrected chi connectivity index (χ0v) is 10.6. The van der Waals surface area contributed by atoms with E-state index in [1.807, 2.05) is 6.07 Å². The molecule has 0 amide bonds. The van der Waals surface area contributed by atoms with Crippen LogP contribution in [0.25, 0.3) is 0 Å². The van der Waals surface area contributed by atoms with Crippen LogP contribution in [0.4, 0.5) is 0 Å². The molecule has 0 aliphatic rings. The van der Waals surface area contributed by atoms with Crippen molar-refractivity contribution in [1.82, 2.24) is 15.0 Å². The Hall–Kier alpha value is -2.21. The Morgan fingerprint density at radius 1 is 1.53 bits per heavy atom.